The molecule has 0 unspecified atom stereocenters. The Morgan fingerprint density at radius 1 is 1.00 bits per heavy atom. The third kappa shape index (κ3) is 12.5. The molecule has 0 radical (unpaired) electrons. The molecule has 2 atom stereocenters. The van der Waals surface area contributed by atoms with E-state index >= 15 is 0 Å². The number of ether oxygens (including phenoxy) is 4. The summed E-state index contributed by atoms with van der Waals surface area (Å²) in [5.41, 5.74) is 0.259. The summed E-state index contributed by atoms with van der Waals surface area (Å²) in [6.07, 6.45) is 3.19. The molecule has 0 spiro atoms. The largest absolute Gasteiger partial charge is 0.619 e. The molecule has 0 bridgehead atoms. The van der Waals surface area contributed by atoms with Gasteiger partial charge in [-0.3, -0.25) is 9.59 Å². The number of aromatic nitrogens is 1. The quantitative estimate of drug-likeness (QED) is 0.0665. The molecule has 1 fully saturated rings. The predicted molar refractivity (Wildman–Crippen MR) is 179 cm³/mol. The summed E-state index contributed by atoms with van der Waals surface area (Å²) in [6.45, 7) is 2.17. The third-order valence-electron chi connectivity index (χ3n) is 7.25. The maximum absolute atomic E-state index is 14.0. The molecule has 1 aromatic heterocycles. The number of alkyl halides is 2. The van der Waals surface area contributed by atoms with Gasteiger partial charge in [-0.1, -0.05) is 41.4 Å². The molecule has 3 aromatic rings. The number of rotatable bonds is 16. The van der Waals surface area contributed by atoms with Crippen molar-refractivity contribution in [1.82, 2.24) is 0 Å². The van der Waals surface area contributed by atoms with E-state index in [0.29, 0.717) is 15.9 Å². The maximum atomic E-state index is 14.0. The van der Waals surface area contributed by atoms with Crippen molar-refractivity contribution in [3.63, 3.8) is 0 Å². The molecular formula is C34H37Cl2F2NO10S. The highest BCUT2D eigenvalue weighted by Gasteiger charge is 2.32. The number of hydrogen-bond donors (Lipinski definition) is 0. The number of hydrogen-bond acceptors (Lipinski definition) is 10. The van der Waals surface area contributed by atoms with Crippen LogP contribution in [0.3, 0.4) is 0 Å². The lowest BCUT2D eigenvalue weighted by molar-refractivity contribution is -0.605. The Hall–Kier alpha value is -3.88. The molecule has 1 aliphatic carbocycles. The van der Waals surface area contributed by atoms with E-state index in [1.165, 1.54) is 30.3 Å². The number of pyridine rings is 1. The van der Waals surface area contributed by atoms with E-state index in [-0.39, 0.29) is 64.6 Å². The van der Waals surface area contributed by atoms with E-state index in [1.807, 2.05) is 0 Å². The Kier molecular flexibility index (Phi) is 12.8. The van der Waals surface area contributed by atoms with Gasteiger partial charge in [0.05, 0.1) is 25.2 Å². The van der Waals surface area contributed by atoms with Crippen molar-refractivity contribution in [2.24, 2.45) is 11.8 Å². The molecule has 50 heavy (non-hydrogen) atoms. The Labute approximate surface area is 299 Å². The second-order valence-corrected chi connectivity index (χ2v) is 15.3. The normalized spacial score (nSPS) is 14.5. The second kappa shape index (κ2) is 16.4. The minimum absolute atomic E-state index is 0.000103. The summed E-state index contributed by atoms with van der Waals surface area (Å²) in [4.78, 5) is 27.0. The van der Waals surface area contributed by atoms with E-state index in [9.17, 15) is 32.0 Å². The van der Waals surface area contributed by atoms with Gasteiger partial charge in [-0.05, 0) is 81.3 Å². The molecule has 2 aromatic carbocycles. The molecule has 0 N–H and O–H groups in total. The Morgan fingerprint density at radius 2 is 1.64 bits per heavy atom. The maximum Gasteiger partial charge on any atom is 0.387 e. The minimum Gasteiger partial charge on any atom is -0.619 e. The van der Waals surface area contributed by atoms with Crippen molar-refractivity contribution in [1.29, 1.82) is 0 Å². The van der Waals surface area contributed by atoms with E-state index in [2.05, 4.69) is 4.74 Å². The Morgan fingerprint density at radius 3 is 2.20 bits per heavy atom. The standard InChI is InChI=1S/C34H37Cl2F2NO10S/c1-34(2,3)48-31(40)15-23(13-20-7-10-24(11-8-20)49-50(4,43)44)32(41)46-29(16-25-26(35)17-39(42)18-27(25)36)22-9-12-28(47-33(37)38)30(14-22)45-19-21-5-6-21/h7-12,14,17-18,21,23,29,33H,5-6,13,15-16,19H2,1-4H3/t23-,29+/m1/s1. The fraction of sp³-hybridized carbons (Fsp3) is 0.441. The summed E-state index contributed by atoms with van der Waals surface area (Å²) in [5.74, 6) is -2.50. The monoisotopic (exact) mass is 759 g/mol. The first kappa shape index (κ1) is 38.9. The first-order valence-electron chi connectivity index (χ1n) is 15.5. The van der Waals surface area contributed by atoms with Crippen LogP contribution in [-0.4, -0.2) is 45.4 Å². The molecule has 1 saturated carbocycles. The number of carbonyl (C=O) groups excluding carboxylic acids is 2. The number of esters is 2. The van der Waals surface area contributed by atoms with Crippen molar-refractivity contribution in [2.45, 2.75) is 71.2 Å². The third-order valence-corrected chi connectivity index (χ3v) is 8.40. The van der Waals surface area contributed by atoms with Crippen LogP contribution < -0.4 is 18.4 Å². The van der Waals surface area contributed by atoms with Crippen molar-refractivity contribution in [3.8, 4) is 17.2 Å². The first-order valence-corrected chi connectivity index (χ1v) is 18.1. The lowest BCUT2D eigenvalue weighted by atomic mass is 9.95. The molecule has 16 heteroatoms. The van der Waals surface area contributed by atoms with Crippen LogP contribution >= 0.6 is 23.2 Å². The average molecular weight is 761 g/mol. The van der Waals surface area contributed by atoms with Crippen LogP contribution in [0.15, 0.2) is 54.9 Å². The summed E-state index contributed by atoms with van der Waals surface area (Å²) in [5, 5.41) is 11.9. The SMILES string of the molecule is CC(C)(C)OC(=O)C[C@@H](Cc1ccc(OS(C)(=O)=O)cc1)C(=O)O[C@@H](Cc1c(Cl)c[n+]([O-])cc1Cl)c1ccc(OC(F)F)c(OCC2CC2)c1. The lowest BCUT2D eigenvalue weighted by Gasteiger charge is -2.25. The van der Waals surface area contributed by atoms with Gasteiger partial charge in [-0.25, -0.2) is 0 Å². The molecule has 0 amide bonds. The molecule has 11 nitrogen and oxygen atoms in total. The van der Waals surface area contributed by atoms with Gasteiger partial charge in [0.2, 0.25) is 0 Å². The molecule has 0 saturated heterocycles. The zero-order valence-electron chi connectivity index (χ0n) is 27.7. The van der Waals surface area contributed by atoms with Crippen LogP contribution in [0.2, 0.25) is 10.0 Å². The fourth-order valence-electron chi connectivity index (χ4n) is 4.86. The van der Waals surface area contributed by atoms with Crippen LogP contribution in [0, 0.1) is 17.0 Å². The van der Waals surface area contributed by atoms with Gasteiger partial charge < -0.3 is 28.3 Å². The van der Waals surface area contributed by atoms with Gasteiger partial charge in [0, 0.05) is 12.0 Å². The van der Waals surface area contributed by atoms with Crippen molar-refractivity contribution >= 4 is 45.3 Å². The van der Waals surface area contributed by atoms with Crippen LogP contribution in [0.5, 0.6) is 17.2 Å². The van der Waals surface area contributed by atoms with Gasteiger partial charge >= 0.3 is 28.7 Å². The molecule has 1 aliphatic rings. The lowest BCUT2D eigenvalue weighted by Crippen LogP contribution is -2.30. The first-order chi connectivity index (χ1) is 23.3. The van der Waals surface area contributed by atoms with Crippen molar-refractivity contribution in [3.05, 3.63) is 86.8 Å². The van der Waals surface area contributed by atoms with E-state index in [0.717, 1.165) is 31.5 Å². The van der Waals surface area contributed by atoms with Gasteiger partial charge in [0.15, 0.2) is 23.9 Å². The summed E-state index contributed by atoms with van der Waals surface area (Å²) >= 11 is 12.8. The predicted octanol–water partition coefficient (Wildman–Crippen LogP) is 6.77. The smallest absolute Gasteiger partial charge is 0.387 e. The van der Waals surface area contributed by atoms with E-state index in [4.69, 9.17) is 41.6 Å². The summed E-state index contributed by atoms with van der Waals surface area (Å²) in [6, 6.07) is 10.00. The highest BCUT2D eigenvalue weighted by Crippen LogP contribution is 2.38. The highest BCUT2D eigenvalue weighted by molar-refractivity contribution is 7.86. The summed E-state index contributed by atoms with van der Waals surface area (Å²) < 4.78 is 76.9. The number of nitrogens with zero attached hydrogens (tertiary/aromatic N) is 1. The van der Waals surface area contributed by atoms with Gasteiger partial charge in [0.25, 0.3) is 0 Å². The van der Waals surface area contributed by atoms with Crippen LogP contribution in [-0.2, 0) is 42.0 Å². The minimum atomic E-state index is -3.78. The van der Waals surface area contributed by atoms with Crippen molar-refractivity contribution < 1.29 is 54.6 Å². The summed E-state index contributed by atoms with van der Waals surface area (Å²) in [7, 11) is -3.78. The number of halogens is 4. The van der Waals surface area contributed by atoms with Crippen LogP contribution in [0.4, 0.5) is 8.78 Å². The van der Waals surface area contributed by atoms with Gasteiger partial charge in [-0.15, -0.1) is 0 Å². The van der Waals surface area contributed by atoms with Crippen LogP contribution in [0.1, 0.15) is 62.8 Å². The molecule has 272 valence electrons. The topological polar surface area (TPSA) is 141 Å². The average Bonchev–Trinajstić information content (AvgIpc) is 3.81. The molecule has 0 aliphatic heterocycles. The van der Waals surface area contributed by atoms with E-state index < -0.39 is 46.3 Å². The second-order valence-electron chi connectivity index (χ2n) is 12.9. The van der Waals surface area contributed by atoms with Gasteiger partial charge in [-0.2, -0.15) is 21.9 Å². The Balaban J connectivity index is 1.69. The van der Waals surface area contributed by atoms with E-state index in [1.54, 1.807) is 32.9 Å². The molecule has 4 rings (SSSR count). The zero-order valence-corrected chi connectivity index (χ0v) is 30.0. The molecule has 1 heterocycles. The number of benzene rings is 2. The number of carbonyl (C=O) groups is 2. The highest BCUT2D eigenvalue weighted by atomic mass is 35.5. The van der Waals surface area contributed by atoms with Crippen molar-refractivity contribution in [2.75, 3.05) is 12.9 Å². The zero-order chi connectivity index (χ0) is 36.8. The molecular weight excluding hydrogens is 723 g/mol. The van der Waals surface area contributed by atoms with Crippen LogP contribution in [0.25, 0.3) is 0 Å². The van der Waals surface area contributed by atoms with Gasteiger partial charge in [0.1, 0.15) is 27.5 Å². The fourth-order valence-corrected chi connectivity index (χ4v) is 5.92. The Bertz CT molecular complexity index is 1760.